The Morgan fingerprint density at radius 3 is 2.56 bits per heavy atom. The van der Waals surface area contributed by atoms with E-state index < -0.39 is 29.1 Å². The van der Waals surface area contributed by atoms with Gasteiger partial charge in [0.25, 0.3) is 5.69 Å². The van der Waals surface area contributed by atoms with E-state index in [-0.39, 0.29) is 22.6 Å². The standard InChI is InChI=1S/C17H14FNO6/c1-10-4-3-5-12(16(10)19(22)23)17(21)25-9-14(20)11-6-7-15(24-2)13(18)8-11/h3-8H,9H2,1-2H3. The normalized spacial score (nSPS) is 10.2. The van der Waals surface area contributed by atoms with Gasteiger partial charge in [0.1, 0.15) is 5.56 Å². The molecule has 0 heterocycles. The number of nitrogens with zero attached hydrogens (tertiary/aromatic N) is 1. The van der Waals surface area contributed by atoms with Crippen LogP contribution >= 0.6 is 0 Å². The molecule has 0 radical (unpaired) electrons. The Labute approximate surface area is 142 Å². The molecule has 2 aromatic rings. The third-order valence-electron chi connectivity index (χ3n) is 3.45. The number of nitro groups is 1. The molecule has 0 aliphatic carbocycles. The number of ketones is 1. The molecule has 25 heavy (non-hydrogen) atoms. The molecule has 0 saturated carbocycles. The summed E-state index contributed by atoms with van der Waals surface area (Å²) in [6.07, 6.45) is 0. The highest BCUT2D eigenvalue weighted by Gasteiger charge is 2.24. The fourth-order valence-electron chi connectivity index (χ4n) is 2.20. The second-order valence-corrected chi connectivity index (χ2v) is 5.08. The zero-order chi connectivity index (χ0) is 18.6. The third-order valence-corrected chi connectivity index (χ3v) is 3.45. The van der Waals surface area contributed by atoms with Crippen molar-refractivity contribution in [2.45, 2.75) is 6.92 Å². The maximum absolute atomic E-state index is 13.6. The lowest BCUT2D eigenvalue weighted by atomic mass is 10.1. The van der Waals surface area contributed by atoms with Gasteiger partial charge >= 0.3 is 5.97 Å². The summed E-state index contributed by atoms with van der Waals surface area (Å²) in [7, 11) is 1.29. The van der Waals surface area contributed by atoms with Gasteiger partial charge in [-0.3, -0.25) is 14.9 Å². The number of ether oxygens (including phenoxy) is 2. The maximum Gasteiger partial charge on any atom is 0.345 e. The van der Waals surface area contributed by atoms with Crippen LogP contribution in [0, 0.1) is 22.9 Å². The molecule has 7 nitrogen and oxygen atoms in total. The highest BCUT2D eigenvalue weighted by Crippen LogP contribution is 2.24. The van der Waals surface area contributed by atoms with Gasteiger partial charge in [0.15, 0.2) is 24.0 Å². The Morgan fingerprint density at radius 1 is 1.24 bits per heavy atom. The largest absolute Gasteiger partial charge is 0.494 e. The summed E-state index contributed by atoms with van der Waals surface area (Å²) in [5.74, 6) is -2.40. The summed E-state index contributed by atoms with van der Waals surface area (Å²) in [6, 6.07) is 7.76. The molecule has 130 valence electrons. The molecule has 0 amide bonds. The number of carbonyl (C=O) groups excluding carboxylic acids is 2. The number of hydrogen-bond donors (Lipinski definition) is 0. The van der Waals surface area contributed by atoms with Crippen LogP contribution in [0.4, 0.5) is 10.1 Å². The number of nitro benzene ring substituents is 1. The molecule has 0 aromatic heterocycles. The second kappa shape index (κ2) is 7.52. The minimum Gasteiger partial charge on any atom is -0.494 e. The molecule has 0 atom stereocenters. The number of para-hydroxylation sites is 1. The van der Waals surface area contributed by atoms with Crippen molar-refractivity contribution < 1.29 is 28.4 Å². The molecule has 8 heteroatoms. The molecular formula is C17H14FNO6. The van der Waals surface area contributed by atoms with Gasteiger partial charge in [-0.15, -0.1) is 0 Å². The van der Waals surface area contributed by atoms with E-state index in [4.69, 9.17) is 9.47 Å². The van der Waals surface area contributed by atoms with Crippen LogP contribution in [0.3, 0.4) is 0 Å². The van der Waals surface area contributed by atoms with Crippen molar-refractivity contribution in [2.75, 3.05) is 13.7 Å². The van der Waals surface area contributed by atoms with E-state index in [0.717, 1.165) is 6.07 Å². The number of methoxy groups -OCH3 is 1. The highest BCUT2D eigenvalue weighted by molar-refractivity contribution is 6.00. The van der Waals surface area contributed by atoms with E-state index in [1.165, 1.54) is 44.4 Å². The van der Waals surface area contributed by atoms with E-state index in [1.807, 2.05) is 0 Å². The van der Waals surface area contributed by atoms with Gasteiger partial charge in [-0.2, -0.15) is 0 Å². The first-order chi connectivity index (χ1) is 11.8. The molecule has 2 rings (SSSR count). The van der Waals surface area contributed by atoms with Gasteiger partial charge in [-0.1, -0.05) is 12.1 Å². The van der Waals surface area contributed by atoms with Crippen LogP contribution in [0.5, 0.6) is 5.75 Å². The molecule has 0 N–H and O–H groups in total. The summed E-state index contributed by atoms with van der Waals surface area (Å²) in [4.78, 5) is 34.4. The zero-order valence-electron chi connectivity index (χ0n) is 13.4. The molecule has 0 unspecified atom stereocenters. The molecule has 0 aliphatic heterocycles. The first-order valence-corrected chi connectivity index (χ1v) is 7.13. The fourth-order valence-corrected chi connectivity index (χ4v) is 2.20. The number of Topliss-reactive ketones (excluding diaryl/α,β-unsaturated/α-hetero) is 1. The quantitative estimate of drug-likeness (QED) is 0.345. The second-order valence-electron chi connectivity index (χ2n) is 5.08. The summed E-state index contributed by atoms with van der Waals surface area (Å²) >= 11 is 0. The maximum atomic E-state index is 13.6. The Balaban J connectivity index is 2.13. The summed E-state index contributed by atoms with van der Waals surface area (Å²) in [5, 5.41) is 11.1. The van der Waals surface area contributed by atoms with Crippen LogP contribution in [0.2, 0.25) is 0 Å². The molecular weight excluding hydrogens is 333 g/mol. The van der Waals surface area contributed by atoms with Crippen molar-refractivity contribution in [1.29, 1.82) is 0 Å². The van der Waals surface area contributed by atoms with Gasteiger partial charge in [0.05, 0.1) is 12.0 Å². The zero-order valence-corrected chi connectivity index (χ0v) is 13.4. The number of halogens is 1. The van der Waals surface area contributed by atoms with Crippen LogP contribution in [-0.4, -0.2) is 30.4 Å². The van der Waals surface area contributed by atoms with Crippen LogP contribution in [0.25, 0.3) is 0 Å². The highest BCUT2D eigenvalue weighted by atomic mass is 19.1. The average Bonchev–Trinajstić information content (AvgIpc) is 2.58. The smallest absolute Gasteiger partial charge is 0.345 e. The first kappa shape index (κ1) is 18.1. The molecule has 0 spiro atoms. The van der Waals surface area contributed by atoms with Crippen LogP contribution in [0.15, 0.2) is 36.4 Å². The van der Waals surface area contributed by atoms with Crippen molar-refractivity contribution in [1.82, 2.24) is 0 Å². The lowest BCUT2D eigenvalue weighted by molar-refractivity contribution is -0.385. The van der Waals surface area contributed by atoms with Crippen molar-refractivity contribution in [3.63, 3.8) is 0 Å². The van der Waals surface area contributed by atoms with Crippen molar-refractivity contribution in [2.24, 2.45) is 0 Å². The molecule has 2 aromatic carbocycles. The number of benzene rings is 2. The molecule has 0 aliphatic rings. The van der Waals surface area contributed by atoms with Gasteiger partial charge in [0.2, 0.25) is 0 Å². The molecule has 0 saturated heterocycles. The number of rotatable bonds is 6. The lowest BCUT2D eigenvalue weighted by Crippen LogP contribution is -2.16. The Kier molecular flexibility index (Phi) is 5.43. The summed E-state index contributed by atoms with van der Waals surface area (Å²) < 4.78 is 23.2. The number of carbonyl (C=O) groups is 2. The monoisotopic (exact) mass is 347 g/mol. The minimum absolute atomic E-state index is 0.00941. The van der Waals surface area contributed by atoms with Crippen LogP contribution in [-0.2, 0) is 4.74 Å². The van der Waals surface area contributed by atoms with Crippen molar-refractivity contribution in [3.05, 3.63) is 69.0 Å². The summed E-state index contributed by atoms with van der Waals surface area (Å²) in [6.45, 7) is 0.815. The van der Waals surface area contributed by atoms with Crippen LogP contribution < -0.4 is 4.74 Å². The fraction of sp³-hybridized carbons (Fsp3) is 0.176. The molecule has 0 fully saturated rings. The average molecular weight is 347 g/mol. The predicted molar refractivity (Wildman–Crippen MR) is 85.4 cm³/mol. The number of esters is 1. The topological polar surface area (TPSA) is 95.7 Å². The SMILES string of the molecule is COc1ccc(C(=O)COC(=O)c2cccc(C)c2[N+](=O)[O-])cc1F. The van der Waals surface area contributed by atoms with Gasteiger partial charge in [-0.25, -0.2) is 9.18 Å². The number of aryl methyl sites for hydroxylation is 1. The Bertz CT molecular complexity index is 849. The van der Waals surface area contributed by atoms with Gasteiger partial charge < -0.3 is 9.47 Å². The van der Waals surface area contributed by atoms with Gasteiger partial charge in [0, 0.05) is 11.1 Å². The van der Waals surface area contributed by atoms with E-state index in [2.05, 4.69) is 0 Å². The third kappa shape index (κ3) is 3.97. The van der Waals surface area contributed by atoms with Gasteiger partial charge in [-0.05, 0) is 31.2 Å². The van der Waals surface area contributed by atoms with E-state index in [0.29, 0.717) is 5.56 Å². The lowest BCUT2D eigenvalue weighted by Gasteiger charge is -2.07. The molecule has 0 bridgehead atoms. The van der Waals surface area contributed by atoms with Crippen molar-refractivity contribution in [3.8, 4) is 5.75 Å². The van der Waals surface area contributed by atoms with E-state index in [1.54, 1.807) is 0 Å². The van der Waals surface area contributed by atoms with Crippen molar-refractivity contribution >= 4 is 17.4 Å². The van der Waals surface area contributed by atoms with E-state index in [9.17, 15) is 24.1 Å². The first-order valence-electron chi connectivity index (χ1n) is 7.13. The Morgan fingerprint density at radius 2 is 1.96 bits per heavy atom. The predicted octanol–water partition coefficient (Wildman–Crippen LogP) is 3.09. The van der Waals surface area contributed by atoms with E-state index >= 15 is 0 Å². The van der Waals surface area contributed by atoms with Crippen LogP contribution in [0.1, 0.15) is 26.3 Å². The Hall–Kier alpha value is -3.29. The minimum atomic E-state index is -1.00. The summed E-state index contributed by atoms with van der Waals surface area (Å²) in [5.41, 5.74) is -0.345. The number of hydrogen-bond acceptors (Lipinski definition) is 6.